The zero-order valence-corrected chi connectivity index (χ0v) is 12.0. The van der Waals surface area contributed by atoms with Gasteiger partial charge in [0.05, 0.1) is 11.6 Å². The van der Waals surface area contributed by atoms with Crippen LogP contribution in [0.4, 0.5) is 0 Å². The zero-order valence-electron chi connectivity index (χ0n) is 11.2. The molecule has 5 heteroatoms. The molecular formula is C13H24N2O2S. The molecule has 1 amide bonds. The number of hydrogen-bond acceptors (Lipinski definition) is 3. The summed E-state index contributed by atoms with van der Waals surface area (Å²) in [6.45, 7) is 1.81. The molecule has 0 radical (unpaired) electrons. The zero-order chi connectivity index (χ0) is 13.4. The number of ether oxygens (including phenoxy) is 1. The average molecular weight is 272 g/mol. The number of rotatable bonds is 8. The monoisotopic (exact) mass is 272 g/mol. The van der Waals surface area contributed by atoms with Crippen LogP contribution in [0.1, 0.15) is 38.5 Å². The van der Waals surface area contributed by atoms with Crippen LogP contribution in [-0.2, 0) is 9.53 Å². The summed E-state index contributed by atoms with van der Waals surface area (Å²) >= 11 is 4.87. The second-order valence-corrected chi connectivity index (χ2v) is 5.47. The first-order valence-corrected chi connectivity index (χ1v) is 7.09. The standard InChI is InChI=1S/C13H24N2O2S/c1-17-9-8-15(7-6-12(14)18)13(16)10-11-4-2-3-5-11/h11H,2-10H2,1H3,(H2,14,18). The van der Waals surface area contributed by atoms with Gasteiger partial charge in [-0.2, -0.15) is 0 Å². The largest absolute Gasteiger partial charge is 0.393 e. The summed E-state index contributed by atoms with van der Waals surface area (Å²) in [6, 6.07) is 0. The van der Waals surface area contributed by atoms with Gasteiger partial charge in [0.25, 0.3) is 0 Å². The summed E-state index contributed by atoms with van der Waals surface area (Å²) < 4.78 is 5.04. The second kappa shape index (κ2) is 8.43. The third-order valence-corrected chi connectivity index (χ3v) is 3.69. The van der Waals surface area contributed by atoms with E-state index in [-0.39, 0.29) is 5.91 Å². The fraction of sp³-hybridized carbons (Fsp3) is 0.846. The summed E-state index contributed by atoms with van der Waals surface area (Å²) in [6.07, 6.45) is 6.18. The van der Waals surface area contributed by atoms with Crippen LogP contribution in [0, 0.1) is 5.92 Å². The van der Waals surface area contributed by atoms with E-state index in [1.165, 1.54) is 25.7 Å². The molecule has 0 unspecified atom stereocenters. The minimum absolute atomic E-state index is 0.218. The lowest BCUT2D eigenvalue weighted by atomic mass is 10.0. The van der Waals surface area contributed by atoms with Crippen molar-refractivity contribution in [3.8, 4) is 0 Å². The van der Waals surface area contributed by atoms with Gasteiger partial charge in [-0.15, -0.1) is 0 Å². The predicted octanol–water partition coefficient (Wildman–Crippen LogP) is 1.72. The summed E-state index contributed by atoms with van der Waals surface area (Å²) in [4.78, 5) is 14.5. The highest BCUT2D eigenvalue weighted by atomic mass is 32.1. The molecule has 0 aromatic heterocycles. The number of carbonyl (C=O) groups is 1. The van der Waals surface area contributed by atoms with Crippen LogP contribution < -0.4 is 5.73 Å². The van der Waals surface area contributed by atoms with Crippen molar-refractivity contribution in [2.75, 3.05) is 26.8 Å². The first-order chi connectivity index (χ1) is 8.63. The maximum atomic E-state index is 12.2. The van der Waals surface area contributed by atoms with Crippen LogP contribution in [-0.4, -0.2) is 42.6 Å². The Bertz CT molecular complexity index is 278. The topological polar surface area (TPSA) is 55.6 Å². The number of amides is 1. The molecule has 0 saturated heterocycles. The molecule has 1 rings (SSSR count). The van der Waals surface area contributed by atoms with E-state index in [0.29, 0.717) is 43.4 Å². The molecule has 0 atom stereocenters. The van der Waals surface area contributed by atoms with E-state index < -0.39 is 0 Å². The lowest BCUT2D eigenvalue weighted by Crippen LogP contribution is -2.37. The Hall–Kier alpha value is -0.680. The van der Waals surface area contributed by atoms with Gasteiger partial charge in [-0.1, -0.05) is 25.1 Å². The number of carbonyl (C=O) groups excluding carboxylic acids is 1. The fourth-order valence-electron chi connectivity index (χ4n) is 2.40. The number of nitrogens with zero attached hydrogens (tertiary/aromatic N) is 1. The SMILES string of the molecule is COCCN(CCC(N)=S)C(=O)CC1CCCC1. The Morgan fingerprint density at radius 2 is 2.06 bits per heavy atom. The van der Waals surface area contributed by atoms with Gasteiger partial charge < -0.3 is 15.4 Å². The van der Waals surface area contributed by atoms with Gasteiger partial charge in [0.15, 0.2) is 0 Å². The summed E-state index contributed by atoms with van der Waals surface area (Å²) in [5.41, 5.74) is 5.50. The van der Waals surface area contributed by atoms with Gasteiger partial charge >= 0.3 is 0 Å². The van der Waals surface area contributed by atoms with E-state index in [1.807, 2.05) is 4.90 Å². The highest BCUT2D eigenvalue weighted by Gasteiger charge is 2.21. The van der Waals surface area contributed by atoms with Crippen LogP contribution in [0.15, 0.2) is 0 Å². The molecule has 0 heterocycles. The average Bonchev–Trinajstić information content (AvgIpc) is 2.81. The summed E-state index contributed by atoms with van der Waals surface area (Å²) in [7, 11) is 1.65. The van der Waals surface area contributed by atoms with Crippen molar-refractivity contribution in [1.29, 1.82) is 0 Å². The molecule has 4 nitrogen and oxygen atoms in total. The van der Waals surface area contributed by atoms with Gasteiger partial charge in [-0.25, -0.2) is 0 Å². The highest BCUT2D eigenvalue weighted by molar-refractivity contribution is 7.80. The molecule has 0 aromatic rings. The van der Waals surface area contributed by atoms with E-state index in [2.05, 4.69) is 0 Å². The molecule has 104 valence electrons. The van der Waals surface area contributed by atoms with Crippen molar-refractivity contribution in [3.05, 3.63) is 0 Å². The van der Waals surface area contributed by atoms with Crippen LogP contribution in [0.3, 0.4) is 0 Å². The van der Waals surface area contributed by atoms with E-state index in [1.54, 1.807) is 7.11 Å². The second-order valence-electron chi connectivity index (χ2n) is 4.94. The third-order valence-electron chi connectivity index (χ3n) is 3.48. The molecule has 1 aliphatic carbocycles. The first kappa shape index (κ1) is 15.4. The quantitative estimate of drug-likeness (QED) is 0.684. The molecule has 18 heavy (non-hydrogen) atoms. The molecular weight excluding hydrogens is 248 g/mol. The number of hydrogen-bond donors (Lipinski definition) is 1. The van der Waals surface area contributed by atoms with Crippen LogP contribution in [0.2, 0.25) is 0 Å². The number of methoxy groups -OCH3 is 1. The van der Waals surface area contributed by atoms with E-state index in [9.17, 15) is 4.79 Å². The van der Waals surface area contributed by atoms with Crippen molar-refractivity contribution < 1.29 is 9.53 Å². The molecule has 1 aliphatic rings. The third kappa shape index (κ3) is 5.78. The molecule has 0 spiro atoms. The lowest BCUT2D eigenvalue weighted by Gasteiger charge is -2.23. The Morgan fingerprint density at radius 3 is 2.61 bits per heavy atom. The molecule has 1 saturated carbocycles. The van der Waals surface area contributed by atoms with Crippen LogP contribution in [0.5, 0.6) is 0 Å². The number of thiocarbonyl (C=S) groups is 1. The van der Waals surface area contributed by atoms with Crippen molar-refractivity contribution >= 4 is 23.1 Å². The molecule has 2 N–H and O–H groups in total. The fourth-order valence-corrected chi connectivity index (χ4v) is 2.49. The van der Waals surface area contributed by atoms with Gasteiger partial charge in [-0.3, -0.25) is 4.79 Å². The van der Waals surface area contributed by atoms with Crippen molar-refractivity contribution in [3.63, 3.8) is 0 Å². The van der Waals surface area contributed by atoms with E-state index >= 15 is 0 Å². The van der Waals surface area contributed by atoms with Crippen LogP contribution in [0.25, 0.3) is 0 Å². The minimum Gasteiger partial charge on any atom is -0.393 e. The Kier molecular flexibility index (Phi) is 7.20. The van der Waals surface area contributed by atoms with Gasteiger partial charge in [0.1, 0.15) is 0 Å². The Morgan fingerprint density at radius 1 is 1.39 bits per heavy atom. The normalized spacial score (nSPS) is 15.8. The Balaban J connectivity index is 2.40. The molecule has 0 aliphatic heterocycles. The van der Waals surface area contributed by atoms with Gasteiger partial charge in [0.2, 0.25) is 5.91 Å². The first-order valence-electron chi connectivity index (χ1n) is 6.68. The maximum absolute atomic E-state index is 12.2. The van der Waals surface area contributed by atoms with Crippen molar-refractivity contribution in [2.45, 2.75) is 38.5 Å². The van der Waals surface area contributed by atoms with Gasteiger partial charge in [-0.05, 0) is 18.8 Å². The number of nitrogens with two attached hydrogens (primary N) is 1. The maximum Gasteiger partial charge on any atom is 0.222 e. The minimum atomic E-state index is 0.218. The van der Waals surface area contributed by atoms with E-state index in [4.69, 9.17) is 22.7 Å². The lowest BCUT2D eigenvalue weighted by molar-refractivity contribution is -0.132. The predicted molar refractivity (Wildman–Crippen MR) is 76.4 cm³/mol. The van der Waals surface area contributed by atoms with E-state index in [0.717, 1.165) is 0 Å². The summed E-state index contributed by atoms with van der Waals surface area (Å²) in [5, 5.41) is 0. The molecule has 0 aromatic carbocycles. The smallest absolute Gasteiger partial charge is 0.222 e. The van der Waals surface area contributed by atoms with Crippen molar-refractivity contribution in [2.24, 2.45) is 11.7 Å². The molecule has 1 fully saturated rings. The van der Waals surface area contributed by atoms with Gasteiger partial charge in [0, 0.05) is 33.0 Å². The Labute approximate surface area is 115 Å². The molecule has 0 bridgehead atoms. The summed E-state index contributed by atoms with van der Waals surface area (Å²) in [5.74, 6) is 0.794. The van der Waals surface area contributed by atoms with Crippen LogP contribution >= 0.6 is 12.2 Å². The van der Waals surface area contributed by atoms with Crippen molar-refractivity contribution in [1.82, 2.24) is 4.90 Å². The highest BCUT2D eigenvalue weighted by Crippen LogP contribution is 2.28.